The standard InChI is InChI=1S/C10H15NO2/c1-4-8-5-9(10(12)13)11(6-8)7(2)3/h5-7H,4H2,1-3H3,(H,12,13). The van der Waals surface area contributed by atoms with E-state index in [0.717, 1.165) is 12.0 Å². The van der Waals surface area contributed by atoms with Crippen LogP contribution in [0.4, 0.5) is 0 Å². The fraction of sp³-hybridized carbons (Fsp3) is 0.500. The van der Waals surface area contributed by atoms with Gasteiger partial charge in [-0.05, 0) is 31.9 Å². The monoisotopic (exact) mass is 181 g/mol. The molecule has 0 spiro atoms. The van der Waals surface area contributed by atoms with Crippen molar-refractivity contribution in [3.05, 3.63) is 23.5 Å². The van der Waals surface area contributed by atoms with Crippen molar-refractivity contribution in [1.29, 1.82) is 0 Å². The first kappa shape index (κ1) is 9.84. The first-order chi connectivity index (χ1) is 6.06. The SMILES string of the molecule is CCc1cc(C(=O)O)n(C(C)C)c1. The molecular formula is C10H15NO2. The van der Waals surface area contributed by atoms with Gasteiger partial charge < -0.3 is 9.67 Å². The van der Waals surface area contributed by atoms with Gasteiger partial charge in [0.05, 0.1) is 0 Å². The van der Waals surface area contributed by atoms with Crippen molar-refractivity contribution in [3.8, 4) is 0 Å². The van der Waals surface area contributed by atoms with E-state index in [1.807, 2.05) is 27.0 Å². The number of carboxylic acid groups (broad SMARTS) is 1. The molecule has 0 amide bonds. The summed E-state index contributed by atoms with van der Waals surface area (Å²) in [5.74, 6) is -0.853. The maximum atomic E-state index is 10.8. The highest BCUT2D eigenvalue weighted by Crippen LogP contribution is 2.15. The van der Waals surface area contributed by atoms with Crippen LogP contribution in [0, 0.1) is 0 Å². The van der Waals surface area contributed by atoms with E-state index in [2.05, 4.69) is 0 Å². The van der Waals surface area contributed by atoms with Gasteiger partial charge in [0.15, 0.2) is 0 Å². The number of carboxylic acids is 1. The number of rotatable bonds is 3. The van der Waals surface area contributed by atoms with Crippen LogP contribution in [0.1, 0.15) is 42.9 Å². The molecule has 0 aromatic carbocycles. The lowest BCUT2D eigenvalue weighted by molar-refractivity contribution is 0.0683. The molecule has 0 radical (unpaired) electrons. The van der Waals surface area contributed by atoms with Gasteiger partial charge in [-0.1, -0.05) is 6.92 Å². The zero-order valence-electron chi connectivity index (χ0n) is 8.24. The number of nitrogens with zero attached hydrogens (tertiary/aromatic N) is 1. The van der Waals surface area contributed by atoms with E-state index < -0.39 is 5.97 Å². The number of hydrogen-bond donors (Lipinski definition) is 1. The Bertz CT molecular complexity index is 313. The molecular weight excluding hydrogens is 166 g/mol. The Morgan fingerprint density at radius 2 is 2.23 bits per heavy atom. The van der Waals surface area contributed by atoms with Gasteiger partial charge in [0.25, 0.3) is 0 Å². The summed E-state index contributed by atoms with van der Waals surface area (Å²) >= 11 is 0. The molecule has 0 aliphatic rings. The zero-order valence-corrected chi connectivity index (χ0v) is 8.24. The van der Waals surface area contributed by atoms with Gasteiger partial charge in [-0.2, -0.15) is 0 Å². The predicted molar refractivity (Wildman–Crippen MR) is 51.2 cm³/mol. The highest BCUT2D eigenvalue weighted by atomic mass is 16.4. The van der Waals surface area contributed by atoms with E-state index in [1.54, 1.807) is 10.6 Å². The fourth-order valence-corrected chi connectivity index (χ4v) is 1.33. The van der Waals surface area contributed by atoms with E-state index in [1.165, 1.54) is 0 Å². The lowest BCUT2D eigenvalue weighted by Crippen LogP contribution is -2.09. The quantitative estimate of drug-likeness (QED) is 0.777. The fourth-order valence-electron chi connectivity index (χ4n) is 1.33. The molecule has 0 aliphatic heterocycles. The predicted octanol–water partition coefficient (Wildman–Crippen LogP) is 2.33. The number of aryl methyl sites for hydroxylation is 1. The van der Waals surface area contributed by atoms with Crippen LogP contribution in [0.3, 0.4) is 0 Å². The summed E-state index contributed by atoms with van der Waals surface area (Å²) in [5, 5.41) is 8.90. The van der Waals surface area contributed by atoms with Gasteiger partial charge in [-0.15, -0.1) is 0 Å². The second kappa shape index (κ2) is 3.64. The first-order valence-corrected chi connectivity index (χ1v) is 4.50. The van der Waals surface area contributed by atoms with Crippen molar-refractivity contribution in [2.45, 2.75) is 33.2 Å². The minimum absolute atomic E-state index is 0.200. The van der Waals surface area contributed by atoms with Crippen molar-refractivity contribution in [1.82, 2.24) is 4.57 Å². The van der Waals surface area contributed by atoms with Crippen molar-refractivity contribution in [3.63, 3.8) is 0 Å². The maximum Gasteiger partial charge on any atom is 0.352 e. The summed E-state index contributed by atoms with van der Waals surface area (Å²) in [6, 6.07) is 1.94. The maximum absolute atomic E-state index is 10.8. The molecule has 3 nitrogen and oxygen atoms in total. The summed E-state index contributed by atoms with van der Waals surface area (Å²) in [6.07, 6.45) is 2.79. The highest BCUT2D eigenvalue weighted by Gasteiger charge is 2.13. The Kier molecular flexibility index (Phi) is 2.76. The average Bonchev–Trinajstić information content (AvgIpc) is 2.47. The Morgan fingerprint density at radius 1 is 1.62 bits per heavy atom. The van der Waals surface area contributed by atoms with Gasteiger partial charge in [-0.3, -0.25) is 0 Å². The van der Waals surface area contributed by atoms with Gasteiger partial charge in [-0.25, -0.2) is 4.79 Å². The van der Waals surface area contributed by atoms with Crippen molar-refractivity contribution >= 4 is 5.97 Å². The molecule has 0 saturated heterocycles. The second-order valence-electron chi connectivity index (χ2n) is 3.39. The van der Waals surface area contributed by atoms with Crippen molar-refractivity contribution in [2.75, 3.05) is 0 Å². The van der Waals surface area contributed by atoms with Gasteiger partial charge in [0.1, 0.15) is 5.69 Å². The molecule has 0 fully saturated rings. The summed E-state index contributed by atoms with van der Waals surface area (Å²) in [5.41, 5.74) is 1.46. The van der Waals surface area contributed by atoms with Crippen LogP contribution in [-0.4, -0.2) is 15.6 Å². The molecule has 0 aliphatic carbocycles. The molecule has 0 unspecified atom stereocenters. The van der Waals surface area contributed by atoms with Crippen LogP contribution in [0.2, 0.25) is 0 Å². The minimum atomic E-state index is -0.853. The third kappa shape index (κ3) is 1.91. The third-order valence-electron chi connectivity index (χ3n) is 2.09. The Balaban J connectivity index is 3.15. The van der Waals surface area contributed by atoms with E-state index in [0.29, 0.717) is 5.69 Å². The number of hydrogen-bond acceptors (Lipinski definition) is 1. The number of aromatic carboxylic acids is 1. The van der Waals surface area contributed by atoms with E-state index in [-0.39, 0.29) is 6.04 Å². The Hall–Kier alpha value is -1.25. The molecule has 1 aromatic heterocycles. The van der Waals surface area contributed by atoms with Crippen LogP contribution in [0.15, 0.2) is 12.3 Å². The normalized spacial score (nSPS) is 10.8. The zero-order chi connectivity index (χ0) is 10.0. The molecule has 72 valence electrons. The molecule has 1 aromatic rings. The van der Waals surface area contributed by atoms with E-state index in [4.69, 9.17) is 5.11 Å². The van der Waals surface area contributed by atoms with Gasteiger partial charge >= 0.3 is 5.97 Å². The number of carbonyl (C=O) groups is 1. The molecule has 13 heavy (non-hydrogen) atoms. The van der Waals surface area contributed by atoms with Gasteiger partial charge in [0.2, 0.25) is 0 Å². The molecule has 0 atom stereocenters. The summed E-state index contributed by atoms with van der Waals surface area (Å²) in [6.45, 7) is 5.98. The summed E-state index contributed by atoms with van der Waals surface area (Å²) in [4.78, 5) is 10.8. The van der Waals surface area contributed by atoms with E-state index in [9.17, 15) is 4.79 Å². The molecule has 1 heterocycles. The average molecular weight is 181 g/mol. The van der Waals surface area contributed by atoms with Gasteiger partial charge in [0, 0.05) is 12.2 Å². The lowest BCUT2D eigenvalue weighted by Gasteiger charge is -2.09. The smallest absolute Gasteiger partial charge is 0.352 e. The summed E-state index contributed by atoms with van der Waals surface area (Å²) in [7, 11) is 0. The molecule has 0 bridgehead atoms. The first-order valence-electron chi connectivity index (χ1n) is 4.50. The number of aromatic nitrogens is 1. The Morgan fingerprint density at radius 3 is 2.54 bits per heavy atom. The minimum Gasteiger partial charge on any atom is -0.477 e. The molecule has 3 heteroatoms. The Labute approximate surface area is 78.0 Å². The van der Waals surface area contributed by atoms with Crippen molar-refractivity contribution < 1.29 is 9.90 Å². The molecule has 0 saturated carbocycles. The van der Waals surface area contributed by atoms with Crippen LogP contribution < -0.4 is 0 Å². The molecule has 1 N–H and O–H groups in total. The van der Waals surface area contributed by atoms with Crippen LogP contribution in [0.25, 0.3) is 0 Å². The largest absolute Gasteiger partial charge is 0.477 e. The summed E-state index contributed by atoms with van der Waals surface area (Å²) < 4.78 is 1.79. The highest BCUT2D eigenvalue weighted by molar-refractivity contribution is 5.86. The molecule has 1 rings (SSSR count). The second-order valence-corrected chi connectivity index (χ2v) is 3.39. The topological polar surface area (TPSA) is 42.2 Å². The van der Waals surface area contributed by atoms with Crippen LogP contribution in [-0.2, 0) is 6.42 Å². The third-order valence-corrected chi connectivity index (χ3v) is 2.09. The van der Waals surface area contributed by atoms with Crippen molar-refractivity contribution in [2.24, 2.45) is 0 Å². The van der Waals surface area contributed by atoms with Crippen LogP contribution in [0.5, 0.6) is 0 Å². The van der Waals surface area contributed by atoms with E-state index >= 15 is 0 Å². The lowest BCUT2D eigenvalue weighted by atomic mass is 10.2. The van der Waals surface area contributed by atoms with Crippen LogP contribution >= 0.6 is 0 Å².